The summed E-state index contributed by atoms with van der Waals surface area (Å²) in [6, 6.07) is 7.97. The first-order valence-corrected chi connectivity index (χ1v) is 29.5. The molecule has 6 aromatic rings. The lowest BCUT2D eigenvalue weighted by atomic mass is 9.84. The van der Waals surface area contributed by atoms with Crippen LogP contribution in [0.25, 0.3) is 0 Å². The Balaban J connectivity index is 0.000000970. The Morgan fingerprint density at radius 3 is 0.819 bits per heavy atom. The fourth-order valence-corrected chi connectivity index (χ4v) is 10.00. The van der Waals surface area contributed by atoms with Crippen molar-refractivity contribution in [2.75, 3.05) is 0 Å². The molecule has 0 aliphatic carbocycles. The largest absolute Gasteiger partial charge is 0.318 e. The van der Waals surface area contributed by atoms with E-state index in [4.69, 9.17) is 0 Å². The van der Waals surface area contributed by atoms with Crippen LogP contribution in [-0.4, -0.2) is 27.4 Å². The molecule has 6 heterocycles. The number of rotatable bonds is 0. The van der Waals surface area contributed by atoms with Gasteiger partial charge < -0.3 is 27.4 Å². The van der Waals surface area contributed by atoms with Gasteiger partial charge in [-0.3, -0.25) is 28.8 Å². The van der Waals surface area contributed by atoms with Gasteiger partial charge in [-0.25, -0.2) is 0 Å². The van der Waals surface area contributed by atoms with Gasteiger partial charge in [0.05, 0.1) is 3.57 Å². The lowest BCUT2D eigenvalue weighted by molar-refractivity contribution is 0.570. The number of aromatic nitrogens is 6. The van der Waals surface area contributed by atoms with Crippen molar-refractivity contribution in [3.63, 3.8) is 0 Å². The molecule has 12 nitrogen and oxygen atoms in total. The van der Waals surface area contributed by atoms with Gasteiger partial charge in [0.1, 0.15) is 0 Å². The second-order valence-corrected chi connectivity index (χ2v) is 29.7. The fraction of sp³-hybridized carbons (Fsp3) is 0.571. The number of aryl methyl sites for hydroxylation is 8. The average molecular weight is 1260 g/mol. The van der Waals surface area contributed by atoms with Gasteiger partial charge in [-0.05, 0) is 186 Å². The molecular formula is C70H111IN6O6. The summed E-state index contributed by atoms with van der Waals surface area (Å²) in [5.41, 5.74) is 17.1. The molecule has 0 N–H and O–H groups in total. The van der Waals surface area contributed by atoms with E-state index in [-0.39, 0.29) is 73.3 Å². The van der Waals surface area contributed by atoms with E-state index in [2.05, 4.69) is 147 Å². The lowest BCUT2D eigenvalue weighted by Gasteiger charge is -2.23. The van der Waals surface area contributed by atoms with Crippen LogP contribution in [0, 0.1) is 65.9 Å². The number of halogens is 1. The van der Waals surface area contributed by atoms with Crippen LogP contribution in [-0.2, 0) is 74.8 Å². The summed E-state index contributed by atoms with van der Waals surface area (Å²) in [5, 5.41) is 0. The first-order chi connectivity index (χ1) is 36.6. The highest BCUT2D eigenvalue weighted by molar-refractivity contribution is 14.1. The summed E-state index contributed by atoms with van der Waals surface area (Å²) in [4.78, 5) is 69.3. The van der Waals surface area contributed by atoms with Crippen molar-refractivity contribution in [2.24, 2.45) is 42.3 Å². The van der Waals surface area contributed by atoms with Crippen LogP contribution >= 0.6 is 22.6 Å². The van der Waals surface area contributed by atoms with E-state index in [0.717, 1.165) is 53.9 Å². The van der Waals surface area contributed by atoms with E-state index < -0.39 is 0 Å². The highest BCUT2D eigenvalue weighted by Crippen LogP contribution is 2.29. The lowest BCUT2D eigenvalue weighted by Crippen LogP contribution is -2.26. The summed E-state index contributed by atoms with van der Waals surface area (Å²) in [6.45, 7) is 56.3. The summed E-state index contributed by atoms with van der Waals surface area (Å²) in [6.07, 6.45) is 7.72. The zero-order chi connectivity index (χ0) is 64.8. The molecule has 0 amide bonds. The highest BCUT2D eigenvalue weighted by Gasteiger charge is 2.23. The fourth-order valence-electron chi connectivity index (χ4n) is 9.33. The predicted octanol–water partition coefficient (Wildman–Crippen LogP) is 14.1. The zero-order valence-electron chi connectivity index (χ0n) is 57.1. The van der Waals surface area contributed by atoms with Crippen molar-refractivity contribution >= 4 is 22.6 Å². The monoisotopic (exact) mass is 1260 g/mol. The molecule has 6 rings (SSSR count). The SMILES string of the molecule is C.Cc1c(C(C)(C)C)cn(C)c(=O)c1C.Cc1c(C(C)(C)C)cn(C)c(=O)c1I.Cc1cc(C(C)(C)C)c(C)n(C)c1=O.Cc1cc(C(C)(C)C)c(C)n(C)c1=O.Cc1cc(C(C)(C)C)cn(C)c1=O.Cc1cc(C(C)(C)C)cn(C)c1=O. The first kappa shape index (κ1) is 77.4. The minimum Gasteiger partial charge on any atom is -0.318 e. The van der Waals surface area contributed by atoms with E-state index in [1.54, 1.807) is 48.5 Å². The molecule has 0 saturated heterocycles. The molecule has 0 unspecified atom stereocenters. The second kappa shape index (κ2) is 29.0. The summed E-state index contributed by atoms with van der Waals surface area (Å²) in [7, 11) is 10.9. The Morgan fingerprint density at radius 1 is 0.301 bits per heavy atom. The van der Waals surface area contributed by atoms with E-state index in [9.17, 15) is 28.8 Å². The van der Waals surface area contributed by atoms with Gasteiger partial charge in [0.25, 0.3) is 33.4 Å². The van der Waals surface area contributed by atoms with Crippen LogP contribution in [0.15, 0.2) is 77.8 Å². The highest BCUT2D eigenvalue weighted by atomic mass is 127. The molecule has 0 aliphatic heterocycles. The minimum atomic E-state index is 0. The normalized spacial score (nSPS) is 11.7. The average Bonchev–Trinajstić information content (AvgIpc) is 3.32. The Morgan fingerprint density at radius 2 is 0.554 bits per heavy atom. The molecule has 0 fully saturated rings. The van der Waals surface area contributed by atoms with Crippen molar-refractivity contribution in [1.29, 1.82) is 0 Å². The molecule has 0 aromatic carbocycles. The molecule has 83 heavy (non-hydrogen) atoms. The van der Waals surface area contributed by atoms with Gasteiger partial charge in [0, 0.05) is 106 Å². The smallest absolute Gasteiger partial charge is 0.263 e. The van der Waals surface area contributed by atoms with Gasteiger partial charge in [-0.15, -0.1) is 0 Å². The predicted molar refractivity (Wildman–Crippen MR) is 364 cm³/mol. The van der Waals surface area contributed by atoms with Crippen molar-refractivity contribution < 1.29 is 0 Å². The maximum absolute atomic E-state index is 11.6. The van der Waals surface area contributed by atoms with Crippen LogP contribution in [0.4, 0.5) is 0 Å². The van der Waals surface area contributed by atoms with Crippen LogP contribution in [0.2, 0.25) is 0 Å². The van der Waals surface area contributed by atoms with Crippen LogP contribution in [0.1, 0.15) is 216 Å². The Hall–Kier alpha value is -5.57. The van der Waals surface area contributed by atoms with Crippen LogP contribution < -0.4 is 33.4 Å². The number of pyridine rings is 6. The molecule has 0 spiro atoms. The molecule has 13 heteroatoms. The van der Waals surface area contributed by atoms with Gasteiger partial charge in [0.15, 0.2) is 0 Å². The maximum Gasteiger partial charge on any atom is 0.263 e. The molecular weight excluding hydrogens is 1150 g/mol. The van der Waals surface area contributed by atoms with Gasteiger partial charge in [-0.1, -0.05) is 132 Å². The van der Waals surface area contributed by atoms with E-state index in [0.29, 0.717) is 0 Å². The van der Waals surface area contributed by atoms with Crippen molar-refractivity contribution in [2.45, 2.75) is 227 Å². The van der Waals surface area contributed by atoms with Gasteiger partial charge in [-0.2, -0.15) is 0 Å². The Bertz CT molecular complexity index is 3150. The van der Waals surface area contributed by atoms with Crippen molar-refractivity contribution in [1.82, 2.24) is 27.4 Å². The molecule has 0 atom stereocenters. The topological polar surface area (TPSA) is 132 Å². The third kappa shape index (κ3) is 20.9. The van der Waals surface area contributed by atoms with Gasteiger partial charge in [0.2, 0.25) is 0 Å². The molecule has 0 bridgehead atoms. The third-order valence-corrected chi connectivity index (χ3v) is 16.2. The van der Waals surface area contributed by atoms with Crippen LogP contribution in [0.3, 0.4) is 0 Å². The number of nitrogens with zero attached hydrogens (tertiary/aromatic N) is 6. The molecule has 0 aliphatic rings. The summed E-state index contributed by atoms with van der Waals surface area (Å²) >= 11 is 2.13. The minimum absolute atomic E-state index is 0. The molecule has 0 radical (unpaired) electrons. The molecule has 6 aromatic heterocycles. The summed E-state index contributed by atoms with van der Waals surface area (Å²) < 4.78 is 10.9. The maximum atomic E-state index is 11.6. The van der Waals surface area contributed by atoms with E-state index in [1.165, 1.54) is 33.4 Å². The van der Waals surface area contributed by atoms with E-state index in [1.807, 2.05) is 133 Å². The first-order valence-electron chi connectivity index (χ1n) is 28.4. The van der Waals surface area contributed by atoms with Crippen LogP contribution in [0.5, 0.6) is 0 Å². The summed E-state index contributed by atoms with van der Waals surface area (Å²) in [5.74, 6) is 0. The van der Waals surface area contributed by atoms with Crippen molar-refractivity contribution in [3.05, 3.63) is 198 Å². The molecule has 0 saturated carbocycles. The van der Waals surface area contributed by atoms with E-state index >= 15 is 0 Å². The standard InChI is InChI=1S/3C12H19NO.C11H16INO.2C11H17NO.CH4/c1-8-9(2)11(14)13(6)7-10(8)12(3,4)5;2*1-8-7-10(12(3,4)5)9(2)13(6)11(8)14;1-7-8(11(2,3)4)6-13(5)10(14)9(7)12;2*1-8-6-9(11(2,3)4)7-12(5)10(8)13;/h3*7H,1-6H3;6H,1-5H3;2*6-7H,1-5H3;1H4. The quantitative estimate of drug-likeness (QED) is 0.139. The number of hydrogen-bond acceptors (Lipinski definition) is 6. The second-order valence-electron chi connectivity index (χ2n) is 28.6. The Kier molecular flexibility index (Phi) is 27.1. The van der Waals surface area contributed by atoms with Gasteiger partial charge >= 0.3 is 0 Å². The third-order valence-electron chi connectivity index (χ3n) is 15.0. The number of hydrogen-bond donors (Lipinski definition) is 0. The Labute approximate surface area is 514 Å². The van der Waals surface area contributed by atoms with Crippen molar-refractivity contribution in [3.8, 4) is 0 Å². The zero-order valence-corrected chi connectivity index (χ0v) is 59.3. The molecule has 464 valence electrons.